The van der Waals surface area contributed by atoms with E-state index in [1.807, 2.05) is 23.1 Å². The molecule has 0 spiro atoms. The second-order valence-electron chi connectivity index (χ2n) is 6.18. The van der Waals surface area contributed by atoms with E-state index >= 15 is 0 Å². The molecule has 4 heteroatoms. The molecule has 0 radical (unpaired) electrons. The van der Waals surface area contributed by atoms with Gasteiger partial charge < -0.3 is 9.74 Å². The van der Waals surface area contributed by atoms with Crippen LogP contribution in [-0.2, 0) is 16.2 Å². The van der Waals surface area contributed by atoms with Gasteiger partial charge in [-0.3, -0.25) is 4.79 Å². The maximum Gasteiger partial charge on any atom is 0.230 e. The van der Waals surface area contributed by atoms with E-state index in [2.05, 4.69) is 31.5 Å². The lowest BCUT2D eigenvalue weighted by Crippen LogP contribution is -2.58. The number of piperidine rings is 1. The van der Waals surface area contributed by atoms with E-state index in [4.69, 9.17) is 4.84 Å². The highest BCUT2D eigenvalue weighted by Gasteiger charge is 2.50. The van der Waals surface area contributed by atoms with E-state index in [0.29, 0.717) is 13.2 Å². The number of amides is 1. The Labute approximate surface area is 113 Å². The molecule has 19 heavy (non-hydrogen) atoms. The molecule has 0 unspecified atom stereocenters. The Morgan fingerprint density at radius 3 is 2.84 bits per heavy atom. The average Bonchev–Trinajstić information content (AvgIpc) is 2.87. The van der Waals surface area contributed by atoms with Crippen LogP contribution in [-0.4, -0.2) is 30.0 Å². The first-order valence-electron chi connectivity index (χ1n) is 6.78. The Morgan fingerprint density at radius 2 is 2.11 bits per heavy atom. The van der Waals surface area contributed by atoms with E-state index in [0.717, 1.165) is 6.54 Å². The standard InChI is InChI=1S/C15H20N2O2/c1-15(2)10-17(8-11-6-4-3-5-7-11)14(18)12-9-19-16-13(12)15/h3-7,12-13,16H,8-10H2,1-2H3/t12-,13+/m0/s1. The monoisotopic (exact) mass is 260 g/mol. The molecule has 1 N–H and O–H groups in total. The summed E-state index contributed by atoms with van der Waals surface area (Å²) in [7, 11) is 0. The summed E-state index contributed by atoms with van der Waals surface area (Å²) in [4.78, 5) is 19.8. The SMILES string of the molecule is CC1(C)CN(Cc2ccccc2)C(=O)[C@H]2CON[C@H]21. The summed E-state index contributed by atoms with van der Waals surface area (Å²) < 4.78 is 0. The zero-order chi connectivity index (χ0) is 13.5. The van der Waals surface area contributed by atoms with Crippen LogP contribution in [0.4, 0.5) is 0 Å². The predicted octanol–water partition coefficient (Wildman–Crippen LogP) is 1.57. The average molecular weight is 260 g/mol. The molecule has 1 aromatic carbocycles. The van der Waals surface area contributed by atoms with Gasteiger partial charge in [0.1, 0.15) is 0 Å². The third kappa shape index (κ3) is 2.26. The molecule has 2 aliphatic heterocycles. The number of carbonyl (C=O) groups is 1. The van der Waals surface area contributed by atoms with Gasteiger partial charge in [-0.15, -0.1) is 0 Å². The quantitative estimate of drug-likeness (QED) is 0.877. The van der Waals surface area contributed by atoms with Gasteiger partial charge in [0, 0.05) is 18.5 Å². The van der Waals surface area contributed by atoms with Gasteiger partial charge in [-0.05, 0) is 5.56 Å². The Balaban J connectivity index is 1.80. The van der Waals surface area contributed by atoms with Crippen molar-refractivity contribution in [1.82, 2.24) is 10.4 Å². The summed E-state index contributed by atoms with van der Waals surface area (Å²) >= 11 is 0. The van der Waals surface area contributed by atoms with Crippen LogP contribution in [0, 0.1) is 11.3 Å². The fourth-order valence-corrected chi connectivity index (χ4v) is 3.16. The minimum Gasteiger partial charge on any atom is -0.337 e. The van der Waals surface area contributed by atoms with E-state index in [1.165, 1.54) is 5.56 Å². The molecule has 4 nitrogen and oxygen atoms in total. The summed E-state index contributed by atoms with van der Waals surface area (Å²) in [6.45, 7) is 6.32. The molecular formula is C15H20N2O2. The van der Waals surface area contributed by atoms with Gasteiger partial charge in [-0.25, -0.2) is 0 Å². The lowest BCUT2D eigenvalue weighted by atomic mass is 9.74. The zero-order valence-corrected chi connectivity index (χ0v) is 11.4. The van der Waals surface area contributed by atoms with Crippen LogP contribution in [0.3, 0.4) is 0 Å². The molecule has 1 aromatic rings. The Kier molecular flexibility index (Phi) is 3.07. The van der Waals surface area contributed by atoms with Crippen LogP contribution in [0.15, 0.2) is 30.3 Å². The number of hydrogen-bond acceptors (Lipinski definition) is 3. The fourth-order valence-electron chi connectivity index (χ4n) is 3.16. The van der Waals surface area contributed by atoms with Crippen molar-refractivity contribution in [2.24, 2.45) is 11.3 Å². The lowest BCUT2D eigenvalue weighted by molar-refractivity contribution is -0.144. The summed E-state index contributed by atoms with van der Waals surface area (Å²) in [5.41, 5.74) is 4.23. The van der Waals surface area contributed by atoms with Gasteiger partial charge in [0.2, 0.25) is 5.91 Å². The van der Waals surface area contributed by atoms with E-state index < -0.39 is 0 Å². The number of hydrogen-bond donors (Lipinski definition) is 1. The molecule has 2 aliphatic rings. The number of benzene rings is 1. The van der Waals surface area contributed by atoms with Crippen molar-refractivity contribution >= 4 is 5.91 Å². The first-order chi connectivity index (χ1) is 9.08. The molecular weight excluding hydrogens is 240 g/mol. The van der Waals surface area contributed by atoms with Gasteiger partial charge in [0.05, 0.1) is 18.6 Å². The van der Waals surface area contributed by atoms with Crippen LogP contribution >= 0.6 is 0 Å². The van der Waals surface area contributed by atoms with E-state index in [9.17, 15) is 4.79 Å². The van der Waals surface area contributed by atoms with Gasteiger partial charge >= 0.3 is 0 Å². The largest absolute Gasteiger partial charge is 0.337 e. The number of fused-ring (bicyclic) bond motifs is 1. The van der Waals surface area contributed by atoms with Crippen molar-refractivity contribution in [2.75, 3.05) is 13.2 Å². The first kappa shape index (κ1) is 12.6. The van der Waals surface area contributed by atoms with Crippen molar-refractivity contribution in [3.63, 3.8) is 0 Å². The molecule has 2 heterocycles. The molecule has 0 aliphatic carbocycles. The number of likely N-dealkylation sites (tertiary alicyclic amines) is 1. The third-order valence-corrected chi connectivity index (χ3v) is 4.16. The van der Waals surface area contributed by atoms with Crippen molar-refractivity contribution in [1.29, 1.82) is 0 Å². The van der Waals surface area contributed by atoms with Gasteiger partial charge in [-0.2, -0.15) is 5.48 Å². The molecule has 2 atom stereocenters. The van der Waals surface area contributed by atoms with Gasteiger partial charge in [0.25, 0.3) is 0 Å². The van der Waals surface area contributed by atoms with E-state index in [1.54, 1.807) is 0 Å². The van der Waals surface area contributed by atoms with Crippen molar-refractivity contribution in [3.05, 3.63) is 35.9 Å². The highest BCUT2D eigenvalue weighted by molar-refractivity contribution is 5.81. The summed E-state index contributed by atoms with van der Waals surface area (Å²) in [6, 6.07) is 10.3. The first-order valence-corrected chi connectivity index (χ1v) is 6.78. The van der Waals surface area contributed by atoms with E-state index in [-0.39, 0.29) is 23.3 Å². The van der Waals surface area contributed by atoms with Crippen LogP contribution < -0.4 is 5.48 Å². The molecule has 2 saturated heterocycles. The summed E-state index contributed by atoms with van der Waals surface area (Å²) in [5, 5.41) is 0. The van der Waals surface area contributed by atoms with Crippen LogP contribution in [0.2, 0.25) is 0 Å². The maximum atomic E-state index is 12.5. The molecule has 3 rings (SSSR count). The molecule has 102 valence electrons. The fraction of sp³-hybridized carbons (Fsp3) is 0.533. The Hall–Kier alpha value is -1.39. The lowest BCUT2D eigenvalue weighted by Gasteiger charge is -2.44. The van der Waals surface area contributed by atoms with Crippen molar-refractivity contribution < 1.29 is 9.63 Å². The van der Waals surface area contributed by atoms with Crippen LogP contribution in [0.5, 0.6) is 0 Å². The van der Waals surface area contributed by atoms with Crippen molar-refractivity contribution in [2.45, 2.75) is 26.4 Å². The normalized spacial score (nSPS) is 29.4. The highest BCUT2D eigenvalue weighted by Crippen LogP contribution is 2.36. The number of carbonyl (C=O) groups excluding carboxylic acids is 1. The number of hydroxylamine groups is 1. The maximum absolute atomic E-state index is 12.5. The van der Waals surface area contributed by atoms with Crippen LogP contribution in [0.1, 0.15) is 19.4 Å². The predicted molar refractivity (Wildman–Crippen MR) is 72.0 cm³/mol. The molecule has 2 fully saturated rings. The third-order valence-electron chi connectivity index (χ3n) is 4.16. The second kappa shape index (κ2) is 4.62. The smallest absolute Gasteiger partial charge is 0.230 e. The Morgan fingerprint density at radius 1 is 1.37 bits per heavy atom. The summed E-state index contributed by atoms with van der Waals surface area (Å²) in [5.74, 6) is 0.158. The molecule has 1 amide bonds. The molecule has 0 saturated carbocycles. The highest BCUT2D eigenvalue weighted by atomic mass is 16.7. The Bertz CT molecular complexity index is 472. The minimum absolute atomic E-state index is 0.0316. The molecule has 0 aromatic heterocycles. The van der Waals surface area contributed by atoms with Gasteiger partial charge in [0.15, 0.2) is 0 Å². The number of nitrogens with zero attached hydrogens (tertiary/aromatic N) is 1. The minimum atomic E-state index is -0.0486. The topological polar surface area (TPSA) is 41.6 Å². The summed E-state index contributed by atoms with van der Waals surface area (Å²) in [6.07, 6.45) is 0. The van der Waals surface area contributed by atoms with Crippen molar-refractivity contribution in [3.8, 4) is 0 Å². The number of rotatable bonds is 2. The second-order valence-corrected chi connectivity index (χ2v) is 6.18. The zero-order valence-electron chi connectivity index (χ0n) is 11.4. The van der Waals surface area contributed by atoms with Gasteiger partial charge in [-0.1, -0.05) is 44.2 Å². The number of nitrogens with one attached hydrogen (secondary N) is 1. The van der Waals surface area contributed by atoms with Crippen LogP contribution in [0.25, 0.3) is 0 Å². The molecule has 0 bridgehead atoms.